The number of benzene rings is 1. The van der Waals surface area contributed by atoms with Gasteiger partial charge in [0.05, 0.1) is 45.8 Å². The van der Waals surface area contributed by atoms with E-state index >= 15 is 0 Å². The first-order valence-electron chi connectivity index (χ1n) is 9.20. The highest BCUT2D eigenvalue weighted by Gasteiger charge is 2.73. The number of aromatic nitrogens is 2. The van der Waals surface area contributed by atoms with Gasteiger partial charge in [-0.15, -0.1) is 0 Å². The minimum atomic E-state index is -6.81. The first-order valence-corrected chi connectivity index (χ1v) is 9.20. The molecule has 1 aromatic carbocycles. The van der Waals surface area contributed by atoms with E-state index in [1.165, 1.54) is 12.1 Å². The van der Waals surface area contributed by atoms with Crippen molar-refractivity contribution in [3.63, 3.8) is 0 Å². The third kappa shape index (κ3) is 3.53. The predicted octanol–water partition coefficient (Wildman–Crippen LogP) is 2.14. The number of nitriles is 2. The minimum absolute atomic E-state index is 0.105. The summed E-state index contributed by atoms with van der Waals surface area (Å²) in [6.07, 6.45) is -6.81. The summed E-state index contributed by atoms with van der Waals surface area (Å²) in [6, 6.07) is 2.38. The van der Waals surface area contributed by atoms with Crippen LogP contribution < -0.4 is 22.2 Å². The van der Waals surface area contributed by atoms with Crippen molar-refractivity contribution < 1.29 is 39.5 Å². The number of fused-ring (bicyclic) bond motifs is 2. The molecule has 2 heterocycles. The number of nitrogens with zero attached hydrogens (tertiary/aromatic N) is 4. The van der Waals surface area contributed by atoms with Crippen LogP contribution in [0.1, 0.15) is 18.1 Å². The molecular weight excluding hydrogens is 519 g/mol. The van der Waals surface area contributed by atoms with Gasteiger partial charge >= 0.3 is 18.0 Å². The highest BCUT2D eigenvalue weighted by Crippen LogP contribution is 2.47. The molecule has 0 unspecified atom stereocenters. The molecule has 0 fully saturated rings. The molecule has 0 spiro atoms. The largest absolute Gasteiger partial charge is 0.459 e. The van der Waals surface area contributed by atoms with Gasteiger partial charge < -0.3 is 0 Å². The van der Waals surface area contributed by atoms with Gasteiger partial charge in [0, 0.05) is 6.92 Å². The Hall–Kier alpha value is -4.15. The standard InChI is InChI=1S/C19H7F9N4O4/c1-16(20,21)4-31-12(33)8-6(2-29)10-11(7(3-30)9(8)13(31)34)15(36)32(14(10)35)5-17(22,23)18(24,25)19(26,27)28/h4-5H2,1H3. The monoisotopic (exact) mass is 526 g/mol. The highest BCUT2D eigenvalue weighted by molar-refractivity contribution is 6.09. The summed E-state index contributed by atoms with van der Waals surface area (Å²) in [4.78, 5) is 50.6. The second kappa shape index (κ2) is 7.67. The number of alkyl halides is 9. The Balaban J connectivity index is 2.51. The third-order valence-corrected chi connectivity index (χ3v) is 5.17. The van der Waals surface area contributed by atoms with Crippen molar-refractivity contribution in [1.82, 2.24) is 9.13 Å². The lowest BCUT2D eigenvalue weighted by atomic mass is 9.98. The fourth-order valence-electron chi connectivity index (χ4n) is 3.62. The third-order valence-electron chi connectivity index (χ3n) is 5.17. The van der Waals surface area contributed by atoms with Crippen molar-refractivity contribution in [2.45, 2.75) is 44.0 Å². The molecule has 3 rings (SSSR count). The molecule has 0 aliphatic heterocycles. The molecule has 0 atom stereocenters. The maximum Gasteiger partial charge on any atom is 0.459 e. The fourth-order valence-corrected chi connectivity index (χ4v) is 3.62. The molecule has 0 aliphatic rings. The summed E-state index contributed by atoms with van der Waals surface area (Å²) in [5, 5.41) is 14.1. The average molecular weight is 526 g/mol. The average Bonchev–Trinajstić information content (AvgIpc) is 3.11. The Bertz CT molecular complexity index is 1620. The second-order valence-corrected chi connectivity index (χ2v) is 7.71. The summed E-state index contributed by atoms with van der Waals surface area (Å²) in [6.45, 7) is -4.12. The van der Waals surface area contributed by atoms with E-state index in [9.17, 15) is 69.2 Å². The van der Waals surface area contributed by atoms with E-state index in [4.69, 9.17) is 0 Å². The summed E-state index contributed by atoms with van der Waals surface area (Å²) in [7, 11) is 0. The Labute approximate surface area is 190 Å². The maximum atomic E-state index is 13.9. The molecule has 0 aliphatic carbocycles. The summed E-state index contributed by atoms with van der Waals surface area (Å²) in [5.74, 6) is -16.5. The van der Waals surface area contributed by atoms with E-state index < -0.39 is 96.5 Å². The lowest BCUT2D eigenvalue weighted by Crippen LogP contribution is -2.55. The topological polar surface area (TPSA) is 126 Å². The lowest BCUT2D eigenvalue weighted by molar-refractivity contribution is -0.357. The highest BCUT2D eigenvalue weighted by atomic mass is 19.4. The minimum Gasteiger partial charge on any atom is -0.269 e. The molecular formula is C19H7F9N4O4. The molecule has 0 saturated heterocycles. The number of rotatable bonds is 5. The predicted molar refractivity (Wildman–Crippen MR) is 101 cm³/mol. The molecule has 190 valence electrons. The molecule has 0 saturated carbocycles. The van der Waals surface area contributed by atoms with Crippen molar-refractivity contribution in [2.24, 2.45) is 0 Å². The van der Waals surface area contributed by atoms with Gasteiger partial charge in [0.15, 0.2) is 0 Å². The van der Waals surface area contributed by atoms with E-state index in [0.717, 1.165) is 0 Å². The molecule has 8 nitrogen and oxygen atoms in total. The zero-order chi connectivity index (χ0) is 27.8. The van der Waals surface area contributed by atoms with E-state index in [-0.39, 0.29) is 4.57 Å². The molecule has 0 radical (unpaired) electrons. The maximum absolute atomic E-state index is 13.9. The summed E-state index contributed by atoms with van der Waals surface area (Å²) >= 11 is 0. The van der Waals surface area contributed by atoms with Crippen LogP contribution in [0.15, 0.2) is 19.2 Å². The van der Waals surface area contributed by atoms with Crippen LogP contribution in [0.3, 0.4) is 0 Å². The van der Waals surface area contributed by atoms with E-state index in [0.29, 0.717) is 6.92 Å². The lowest BCUT2D eigenvalue weighted by Gasteiger charge is -2.27. The Morgan fingerprint density at radius 1 is 0.639 bits per heavy atom. The quantitative estimate of drug-likeness (QED) is 0.469. The van der Waals surface area contributed by atoms with Crippen LogP contribution in [0.4, 0.5) is 39.5 Å². The Kier molecular flexibility index (Phi) is 5.64. The van der Waals surface area contributed by atoms with Crippen molar-refractivity contribution in [2.75, 3.05) is 0 Å². The van der Waals surface area contributed by atoms with Crippen LogP contribution in [-0.2, 0) is 13.1 Å². The summed E-state index contributed by atoms with van der Waals surface area (Å²) in [5.41, 5.74) is -9.79. The molecule has 36 heavy (non-hydrogen) atoms. The van der Waals surface area contributed by atoms with Gasteiger partial charge in [-0.2, -0.15) is 41.3 Å². The van der Waals surface area contributed by atoms with Crippen LogP contribution in [-0.4, -0.2) is 33.1 Å². The number of hydrogen-bond donors (Lipinski definition) is 0. The van der Waals surface area contributed by atoms with Gasteiger partial charge in [-0.1, -0.05) is 0 Å². The van der Waals surface area contributed by atoms with Crippen LogP contribution >= 0.6 is 0 Å². The Morgan fingerprint density at radius 2 is 0.944 bits per heavy atom. The van der Waals surface area contributed by atoms with Gasteiger partial charge in [-0.25, -0.2) is 8.78 Å². The van der Waals surface area contributed by atoms with Gasteiger partial charge in [0.2, 0.25) is 0 Å². The second-order valence-electron chi connectivity index (χ2n) is 7.71. The molecule has 3 aromatic rings. The van der Waals surface area contributed by atoms with Crippen molar-refractivity contribution in [3.8, 4) is 12.1 Å². The van der Waals surface area contributed by atoms with E-state index in [2.05, 4.69) is 0 Å². The Morgan fingerprint density at radius 3 is 1.19 bits per heavy atom. The number of hydrogen-bond acceptors (Lipinski definition) is 6. The van der Waals surface area contributed by atoms with Crippen LogP contribution in [0.2, 0.25) is 0 Å². The smallest absolute Gasteiger partial charge is 0.269 e. The molecule has 0 N–H and O–H groups in total. The normalized spacial score (nSPS) is 13.3. The van der Waals surface area contributed by atoms with Crippen LogP contribution in [0.5, 0.6) is 0 Å². The van der Waals surface area contributed by atoms with Crippen LogP contribution in [0, 0.1) is 22.7 Å². The van der Waals surface area contributed by atoms with Crippen molar-refractivity contribution >= 4 is 21.5 Å². The molecule has 17 heteroatoms. The number of halogens is 9. The van der Waals surface area contributed by atoms with Crippen molar-refractivity contribution in [1.29, 1.82) is 10.5 Å². The van der Waals surface area contributed by atoms with Crippen LogP contribution in [0.25, 0.3) is 21.5 Å². The molecule has 0 bridgehead atoms. The van der Waals surface area contributed by atoms with Crippen molar-refractivity contribution in [3.05, 3.63) is 52.5 Å². The fraction of sp³-hybridized carbons (Fsp3) is 0.368. The SMILES string of the molecule is CC(F)(F)Cn1c(=O)c2c(C#N)c3c(=O)n(CC(F)(F)C(F)(F)C(F)(F)F)c(=O)c3c(C#N)c2c1=O. The first-order chi connectivity index (χ1) is 16.2. The van der Waals surface area contributed by atoms with Gasteiger partial charge in [-0.05, 0) is 0 Å². The first kappa shape index (κ1) is 26.5. The van der Waals surface area contributed by atoms with E-state index in [1.54, 1.807) is 0 Å². The summed E-state index contributed by atoms with van der Waals surface area (Å²) < 4.78 is 118. The zero-order valence-corrected chi connectivity index (χ0v) is 17.2. The van der Waals surface area contributed by atoms with E-state index in [1.807, 2.05) is 0 Å². The van der Waals surface area contributed by atoms with Gasteiger partial charge in [0.1, 0.15) is 12.1 Å². The van der Waals surface area contributed by atoms with Gasteiger partial charge in [-0.3, -0.25) is 28.3 Å². The van der Waals surface area contributed by atoms with Gasteiger partial charge in [0.25, 0.3) is 28.2 Å². The molecule has 2 aromatic heterocycles. The molecule has 0 amide bonds. The zero-order valence-electron chi connectivity index (χ0n) is 17.2.